The van der Waals surface area contributed by atoms with E-state index >= 15 is 0 Å². The summed E-state index contributed by atoms with van der Waals surface area (Å²) in [5, 5.41) is 7.24. The summed E-state index contributed by atoms with van der Waals surface area (Å²) in [6.07, 6.45) is 1.15. The summed E-state index contributed by atoms with van der Waals surface area (Å²) < 4.78 is 14.8. The molecule has 14 heavy (non-hydrogen) atoms. The Labute approximate surface area is 80.2 Å². The second-order valence-corrected chi connectivity index (χ2v) is 3.35. The first-order valence-electron chi connectivity index (χ1n) is 4.54. The maximum atomic E-state index is 13.3. The van der Waals surface area contributed by atoms with Crippen molar-refractivity contribution in [3.63, 3.8) is 0 Å². The van der Waals surface area contributed by atoms with Gasteiger partial charge in [0.2, 0.25) is 0 Å². The summed E-state index contributed by atoms with van der Waals surface area (Å²) in [6.45, 7) is 0. The monoisotopic (exact) mass is 189 g/mol. The van der Waals surface area contributed by atoms with Crippen LogP contribution in [0.3, 0.4) is 0 Å². The molecule has 2 heterocycles. The Bertz CT molecular complexity index is 490. The van der Waals surface area contributed by atoms with Crippen LogP contribution in [-0.4, -0.2) is 14.8 Å². The van der Waals surface area contributed by atoms with E-state index in [1.54, 1.807) is 0 Å². The van der Waals surface area contributed by atoms with Gasteiger partial charge in [-0.3, -0.25) is 4.57 Å². The molecule has 0 saturated heterocycles. The van der Waals surface area contributed by atoms with Crippen LogP contribution in [0.1, 0.15) is 11.4 Å². The third-order valence-corrected chi connectivity index (χ3v) is 2.54. The van der Waals surface area contributed by atoms with Crippen molar-refractivity contribution in [1.29, 1.82) is 0 Å². The number of hydrogen-bond donors (Lipinski definition) is 0. The number of aromatic nitrogens is 3. The topological polar surface area (TPSA) is 30.7 Å². The van der Waals surface area contributed by atoms with Gasteiger partial charge >= 0.3 is 6.08 Å². The van der Waals surface area contributed by atoms with Crippen molar-refractivity contribution >= 4 is 0 Å². The lowest BCUT2D eigenvalue weighted by Gasteiger charge is -2.16. The van der Waals surface area contributed by atoms with Crippen LogP contribution in [0.15, 0.2) is 24.3 Å². The molecule has 0 saturated carbocycles. The summed E-state index contributed by atoms with van der Waals surface area (Å²) in [5.41, 5.74) is 2.02. The summed E-state index contributed by atoms with van der Waals surface area (Å²) >= 11 is 0. The molecule has 0 atom stereocenters. The maximum absolute atomic E-state index is 13.3. The Hall–Kier alpha value is -1.71. The van der Waals surface area contributed by atoms with Gasteiger partial charge in [-0.1, -0.05) is 23.3 Å². The molecule has 0 bridgehead atoms. The minimum absolute atomic E-state index is 0.521. The van der Waals surface area contributed by atoms with Crippen molar-refractivity contribution in [3.8, 4) is 5.69 Å². The molecule has 0 aliphatic carbocycles. The molecule has 0 N–H and O–H groups in total. The Morgan fingerprint density at radius 2 is 2.00 bits per heavy atom. The number of benzene rings is 1. The fourth-order valence-electron chi connectivity index (χ4n) is 1.88. The fourth-order valence-corrected chi connectivity index (χ4v) is 1.88. The highest BCUT2D eigenvalue weighted by Crippen LogP contribution is 2.23. The van der Waals surface area contributed by atoms with Crippen molar-refractivity contribution in [2.75, 3.05) is 0 Å². The lowest BCUT2D eigenvalue weighted by atomic mass is 10.0. The van der Waals surface area contributed by atoms with Gasteiger partial charge in [-0.2, -0.15) is 4.39 Å². The van der Waals surface area contributed by atoms with Crippen molar-refractivity contribution in [2.45, 2.75) is 12.8 Å². The van der Waals surface area contributed by atoms with E-state index in [0.29, 0.717) is 5.82 Å². The van der Waals surface area contributed by atoms with Gasteiger partial charge in [-0.25, -0.2) is 0 Å². The van der Waals surface area contributed by atoms with E-state index in [1.165, 1.54) is 4.57 Å². The van der Waals surface area contributed by atoms with E-state index in [1.807, 2.05) is 24.3 Å². The average molecular weight is 189 g/mol. The minimum atomic E-state index is -0.521. The molecule has 1 aliphatic rings. The second-order valence-electron chi connectivity index (χ2n) is 3.35. The largest absolute Gasteiger partial charge is 0.313 e. The molecule has 1 aliphatic heterocycles. The minimum Gasteiger partial charge on any atom is -0.255 e. The standard InChI is InChI=1S/C10H8FN3/c11-10-13-12-9-6-5-7-3-1-2-4-8(7)14(9)10/h1-4H,5-6H2. The van der Waals surface area contributed by atoms with Gasteiger partial charge in [0.15, 0.2) is 0 Å². The number of aryl methyl sites for hydroxylation is 2. The quantitative estimate of drug-likeness (QED) is 0.628. The second kappa shape index (κ2) is 2.64. The smallest absolute Gasteiger partial charge is 0.255 e. The summed E-state index contributed by atoms with van der Waals surface area (Å²) in [5.74, 6) is 0.709. The zero-order valence-corrected chi connectivity index (χ0v) is 7.44. The Morgan fingerprint density at radius 1 is 1.14 bits per heavy atom. The van der Waals surface area contributed by atoms with Crippen molar-refractivity contribution in [1.82, 2.24) is 14.8 Å². The summed E-state index contributed by atoms with van der Waals surface area (Å²) in [6, 6.07) is 7.77. The maximum Gasteiger partial charge on any atom is 0.313 e. The summed E-state index contributed by atoms with van der Waals surface area (Å²) in [7, 11) is 0. The highest BCUT2D eigenvalue weighted by atomic mass is 19.1. The van der Waals surface area contributed by atoms with Crippen molar-refractivity contribution < 1.29 is 4.39 Å². The molecule has 0 amide bonds. The predicted octanol–water partition coefficient (Wildman–Crippen LogP) is 1.50. The molecule has 3 rings (SSSR count). The number of nitrogens with zero attached hydrogens (tertiary/aromatic N) is 3. The Kier molecular flexibility index (Phi) is 1.45. The van der Waals surface area contributed by atoms with Crippen LogP contribution < -0.4 is 0 Å². The average Bonchev–Trinajstić information content (AvgIpc) is 2.61. The first-order chi connectivity index (χ1) is 6.86. The molecular weight excluding hydrogens is 181 g/mol. The van der Waals surface area contributed by atoms with Crippen LogP contribution >= 0.6 is 0 Å². The number of halogens is 1. The summed E-state index contributed by atoms with van der Waals surface area (Å²) in [4.78, 5) is 0. The van der Waals surface area contributed by atoms with E-state index in [2.05, 4.69) is 10.2 Å². The highest BCUT2D eigenvalue weighted by Gasteiger charge is 2.20. The third-order valence-electron chi connectivity index (χ3n) is 2.54. The molecule has 0 fully saturated rings. The third kappa shape index (κ3) is 0.907. The molecule has 0 unspecified atom stereocenters. The molecule has 4 heteroatoms. The molecule has 2 aromatic rings. The molecule has 70 valence electrons. The van der Waals surface area contributed by atoms with Gasteiger partial charge in [-0.15, -0.1) is 5.10 Å². The zero-order chi connectivity index (χ0) is 9.54. The molecule has 0 spiro atoms. The number of rotatable bonds is 0. The van der Waals surface area contributed by atoms with Gasteiger partial charge in [-0.05, 0) is 18.1 Å². The predicted molar refractivity (Wildman–Crippen MR) is 48.7 cm³/mol. The van der Waals surface area contributed by atoms with Crippen molar-refractivity contribution in [2.24, 2.45) is 0 Å². The lowest BCUT2D eigenvalue weighted by Crippen LogP contribution is -2.13. The van der Waals surface area contributed by atoms with E-state index in [4.69, 9.17) is 0 Å². The fraction of sp³-hybridized carbons (Fsp3) is 0.200. The lowest BCUT2D eigenvalue weighted by molar-refractivity contribution is 0.510. The van der Waals surface area contributed by atoms with E-state index in [0.717, 1.165) is 24.1 Å². The first-order valence-corrected chi connectivity index (χ1v) is 4.54. The zero-order valence-electron chi connectivity index (χ0n) is 7.44. The Balaban J connectivity index is 2.32. The van der Waals surface area contributed by atoms with Crippen LogP contribution in [0.5, 0.6) is 0 Å². The van der Waals surface area contributed by atoms with Crippen LogP contribution in [0.4, 0.5) is 4.39 Å². The van der Waals surface area contributed by atoms with E-state index in [9.17, 15) is 4.39 Å². The molecule has 1 aromatic carbocycles. The SMILES string of the molecule is Fc1nnc2n1-c1ccccc1CC2. The highest BCUT2D eigenvalue weighted by molar-refractivity contribution is 5.44. The normalized spacial score (nSPS) is 13.5. The van der Waals surface area contributed by atoms with Crippen molar-refractivity contribution in [3.05, 3.63) is 41.7 Å². The van der Waals surface area contributed by atoms with Crippen LogP contribution in [-0.2, 0) is 12.8 Å². The molecular formula is C10H8FN3. The molecule has 3 nitrogen and oxygen atoms in total. The van der Waals surface area contributed by atoms with E-state index in [-0.39, 0.29) is 0 Å². The van der Waals surface area contributed by atoms with Crippen LogP contribution in [0.25, 0.3) is 5.69 Å². The van der Waals surface area contributed by atoms with Crippen LogP contribution in [0.2, 0.25) is 0 Å². The van der Waals surface area contributed by atoms with Gasteiger partial charge in [0.1, 0.15) is 5.82 Å². The number of fused-ring (bicyclic) bond motifs is 3. The number of hydrogen-bond acceptors (Lipinski definition) is 2. The van der Waals surface area contributed by atoms with Gasteiger partial charge in [0, 0.05) is 6.42 Å². The van der Waals surface area contributed by atoms with Crippen LogP contribution in [0, 0.1) is 6.08 Å². The van der Waals surface area contributed by atoms with Gasteiger partial charge in [0.25, 0.3) is 0 Å². The first kappa shape index (κ1) is 7.67. The Morgan fingerprint density at radius 3 is 2.93 bits per heavy atom. The van der Waals surface area contributed by atoms with Gasteiger partial charge < -0.3 is 0 Å². The molecule has 1 aromatic heterocycles. The number of para-hydroxylation sites is 1. The molecule has 0 radical (unpaired) electrons. The van der Waals surface area contributed by atoms with Gasteiger partial charge in [0.05, 0.1) is 5.69 Å². The van der Waals surface area contributed by atoms with E-state index < -0.39 is 6.08 Å².